The summed E-state index contributed by atoms with van der Waals surface area (Å²) in [5, 5.41) is 41.4. The molecule has 2 aromatic carbocycles. The van der Waals surface area contributed by atoms with Crippen LogP contribution in [0.5, 0.6) is 23.0 Å². The topological polar surface area (TPSA) is 254 Å². The van der Waals surface area contributed by atoms with E-state index in [9.17, 15) is 30.0 Å². The average molecular weight is 1040 g/mol. The van der Waals surface area contributed by atoms with Crippen LogP contribution in [0.4, 0.5) is 0 Å². The van der Waals surface area contributed by atoms with Crippen molar-refractivity contribution in [1.29, 1.82) is 0 Å². The molecule has 0 spiro atoms. The molecule has 10 atom stereocenters. The Morgan fingerprint density at radius 2 is 1.44 bits per heavy atom. The molecule has 3 heterocycles. The van der Waals surface area contributed by atoms with Crippen molar-refractivity contribution in [2.24, 2.45) is 0 Å². The number of aliphatic hydroxyl groups excluding tert-OH is 3. The summed E-state index contributed by atoms with van der Waals surface area (Å²) in [6, 6.07) is 6.37. The zero-order valence-corrected chi connectivity index (χ0v) is 43.7. The number of carbonyl (C=O) groups excluding carboxylic acids is 1. The second-order valence-electron chi connectivity index (χ2n) is 17.8. The van der Waals surface area contributed by atoms with E-state index < -0.39 is 84.6 Å². The van der Waals surface area contributed by atoms with Crippen LogP contribution in [0.25, 0.3) is 12.2 Å². The van der Waals surface area contributed by atoms with Crippen molar-refractivity contribution in [3.8, 4) is 23.0 Å². The normalized spacial score (nSPS) is 25.4. The number of hydrogen-bond donors (Lipinski definition) is 4. The standard InChI is InChI=1S/C26H38O11.C26H36O10/c1-16(27)20(34-14-31-4)11-10-19(28)24-21(36-26(2,3)37-24)9-7-8-17-12-18(33-6)13-22(35-15-32-5)23(17)25(29)30;1-16-20(32-14-29-4)11-10-19(27)24-21(35-26(2,3)36-24)9-7-8-17-12-18(31-6)13-22(33-15-30-5)23(17)25(28)34-16/h7-8,10-13,16,19-21,24,27-28H,9,14-15H2,1-6H3,(H,29,30);7-8,10-13,16,19-21,24,27H,9,14-15H2,1-6H3/b8-7+,11-10-;8-7?,11-10-/t16-,19?,20+,21-,24+;16-,19?,20+,21-,24?/m00/s1. The highest BCUT2D eigenvalue weighted by Crippen LogP contribution is 2.37. The van der Waals surface area contributed by atoms with Gasteiger partial charge in [-0.25, -0.2) is 9.59 Å². The van der Waals surface area contributed by atoms with E-state index in [-0.39, 0.29) is 49.8 Å². The Bertz CT molecular complexity index is 2170. The highest BCUT2D eigenvalue weighted by Gasteiger charge is 2.45. The van der Waals surface area contributed by atoms with Gasteiger partial charge >= 0.3 is 11.9 Å². The van der Waals surface area contributed by atoms with Crippen LogP contribution < -0.4 is 18.9 Å². The first-order valence-electron chi connectivity index (χ1n) is 23.5. The number of ether oxygens (including phenoxy) is 15. The van der Waals surface area contributed by atoms with Crippen LogP contribution in [-0.4, -0.2) is 175 Å². The zero-order valence-electron chi connectivity index (χ0n) is 43.7. The van der Waals surface area contributed by atoms with Gasteiger partial charge in [-0.05, 0) is 77.6 Å². The third kappa shape index (κ3) is 18.1. The fraction of sp³-hybridized carbons (Fsp3) is 0.577. The minimum atomic E-state index is -1.17. The molecule has 0 radical (unpaired) electrons. The summed E-state index contributed by atoms with van der Waals surface area (Å²) in [5.41, 5.74) is 1.05. The molecule has 3 unspecified atom stereocenters. The van der Waals surface area contributed by atoms with Gasteiger partial charge in [0.25, 0.3) is 0 Å². The fourth-order valence-corrected chi connectivity index (χ4v) is 7.92. The fourth-order valence-electron chi connectivity index (χ4n) is 7.92. The first kappa shape index (κ1) is 60.6. The minimum Gasteiger partial charge on any atom is -0.497 e. The Hall–Kier alpha value is -4.98. The smallest absolute Gasteiger partial charge is 0.342 e. The van der Waals surface area contributed by atoms with Crippen LogP contribution in [0.2, 0.25) is 0 Å². The molecule has 0 aromatic heterocycles. The van der Waals surface area contributed by atoms with E-state index in [1.54, 1.807) is 96.2 Å². The molecule has 0 bridgehead atoms. The molecule has 0 saturated carbocycles. The molecule has 2 aromatic rings. The zero-order chi connectivity index (χ0) is 53.9. The number of cyclic esters (lactones) is 1. The Labute approximate surface area is 427 Å². The number of esters is 1. The molecule has 21 heteroatoms. The molecule has 21 nitrogen and oxygen atoms in total. The molecule has 0 aliphatic carbocycles. The number of carbonyl (C=O) groups is 2. The maximum Gasteiger partial charge on any atom is 0.342 e. The van der Waals surface area contributed by atoms with Gasteiger partial charge in [0.15, 0.2) is 25.2 Å². The monoisotopic (exact) mass is 1030 g/mol. The third-order valence-electron chi connectivity index (χ3n) is 11.2. The van der Waals surface area contributed by atoms with Crippen LogP contribution in [-0.2, 0) is 52.1 Å². The van der Waals surface area contributed by atoms with Crippen LogP contribution in [0.1, 0.15) is 86.2 Å². The molecule has 5 rings (SSSR count). The Morgan fingerprint density at radius 3 is 2.07 bits per heavy atom. The number of methoxy groups -OCH3 is 6. The second kappa shape index (κ2) is 29.2. The summed E-state index contributed by atoms with van der Waals surface area (Å²) in [7, 11) is 8.88. The molecule has 73 heavy (non-hydrogen) atoms. The summed E-state index contributed by atoms with van der Waals surface area (Å²) in [4.78, 5) is 25.4. The Balaban J connectivity index is 0.000000317. The molecule has 4 N–H and O–H groups in total. The third-order valence-corrected chi connectivity index (χ3v) is 11.2. The lowest BCUT2D eigenvalue weighted by Gasteiger charge is -2.24. The van der Waals surface area contributed by atoms with Crippen LogP contribution in [0, 0.1) is 0 Å². The van der Waals surface area contributed by atoms with Crippen molar-refractivity contribution in [3.63, 3.8) is 0 Å². The summed E-state index contributed by atoms with van der Waals surface area (Å²) < 4.78 is 82.5. The molecule has 0 amide bonds. The first-order chi connectivity index (χ1) is 34.7. The molecular formula is C52H74O21. The number of carboxylic acids is 1. The maximum atomic E-state index is 13.4. The number of fused-ring (bicyclic) bond motifs is 2. The van der Waals surface area contributed by atoms with Gasteiger partial charge < -0.3 is 91.5 Å². The van der Waals surface area contributed by atoms with E-state index in [4.69, 9.17) is 71.1 Å². The van der Waals surface area contributed by atoms with E-state index in [0.717, 1.165) is 0 Å². The summed E-state index contributed by atoms with van der Waals surface area (Å²) in [6.45, 7) is 10.1. The van der Waals surface area contributed by atoms with Gasteiger partial charge in [-0.2, -0.15) is 0 Å². The molecule has 408 valence electrons. The average Bonchev–Trinajstić information content (AvgIpc) is 3.84. The van der Waals surface area contributed by atoms with E-state index in [1.165, 1.54) is 54.8 Å². The van der Waals surface area contributed by atoms with Gasteiger partial charge in [-0.1, -0.05) is 48.6 Å². The van der Waals surface area contributed by atoms with E-state index in [1.807, 2.05) is 6.08 Å². The van der Waals surface area contributed by atoms with Crippen LogP contribution in [0.15, 0.2) is 60.7 Å². The number of hydrogen-bond acceptors (Lipinski definition) is 20. The number of aromatic carboxylic acids is 1. The highest BCUT2D eigenvalue weighted by molar-refractivity contribution is 5.97. The largest absolute Gasteiger partial charge is 0.497 e. The lowest BCUT2D eigenvalue weighted by Crippen LogP contribution is -2.35. The van der Waals surface area contributed by atoms with Gasteiger partial charge in [-0.15, -0.1) is 0 Å². The van der Waals surface area contributed by atoms with Crippen molar-refractivity contribution >= 4 is 24.1 Å². The van der Waals surface area contributed by atoms with Crippen molar-refractivity contribution in [2.75, 3.05) is 69.8 Å². The molecule has 2 fully saturated rings. The molecular weight excluding hydrogens is 961 g/mol. The number of rotatable bonds is 22. The predicted molar refractivity (Wildman–Crippen MR) is 263 cm³/mol. The summed E-state index contributed by atoms with van der Waals surface area (Å²) in [5.74, 6) is -2.34. The number of carboxylic acid groups (broad SMARTS) is 1. The van der Waals surface area contributed by atoms with E-state index >= 15 is 0 Å². The minimum absolute atomic E-state index is 0.0136. The summed E-state index contributed by atoms with van der Waals surface area (Å²) in [6.07, 6.45) is 6.64. The number of benzene rings is 2. The van der Waals surface area contributed by atoms with Crippen LogP contribution in [0.3, 0.4) is 0 Å². The first-order valence-corrected chi connectivity index (χ1v) is 23.5. The maximum absolute atomic E-state index is 13.4. The molecule has 3 aliphatic heterocycles. The van der Waals surface area contributed by atoms with Crippen LogP contribution >= 0.6 is 0 Å². The van der Waals surface area contributed by atoms with E-state index in [2.05, 4.69) is 0 Å². The highest BCUT2D eigenvalue weighted by atomic mass is 16.8. The van der Waals surface area contributed by atoms with Gasteiger partial charge in [0, 0.05) is 40.6 Å². The number of aliphatic hydroxyl groups is 3. The predicted octanol–water partition coefficient (Wildman–Crippen LogP) is 5.65. The SMILES string of the molecule is COCOc1cc(OC)cc(/C=C/C[C@@H]2OC(C)(C)O[C@@H]2C(O)/C=C\[C@@H](OCOC)[C@H](C)O)c1C(=O)O.COCOc1cc(OC)cc2c1C(=O)O[C@@H](C)[C@H](OCOC)/C=C\C(O)C1OC(C)(C)O[C@H]1CC=C2. The molecule has 2 saturated heterocycles. The van der Waals surface area contributed by atoms with Gasteiger partial charge in [0.2, 0.25) is 0 Å². The lowest BCUT2D eigenvalue weighted by atomic mass is 10.0. The molecule has 3 aliphatic rings. The summed E-state index contributed by atoms with van der Waals surface area (Å²) >= 11 is 0. The van der Waals surface area contributed by atoms with Gasteiger partial charge in [-0.3, -0.25) is 0 Å². The van der Waals surface area contributed by atoms with Crippen molar-refractivity contribution < 1.29 is 101 Å². The van der Waals surface area contributed by atoms with Crippen molar-refractivity contribution in [1.82, 2.24) is 0 Å². The lowest BCUT2D eigenvalue weighted by molar-refractivity contribution is -0.152. The van der Waals surface area contributed by atoms with Gasteiger partial charge in [0.1, 0.15) is 90.4 Å². The quantitative estimate of drug-likeness (QED) is 0.0631. The van der Waals surface area contributed by atoms with Gasteiger partial charge in [0.05, 0.1) is 32.5 Å². The Morgan fingerprint density at radius 1 is 0.808 bits per heavy atom. The van der Waals surface area contributed by atoms with Crippen molar-refractivity contribution in [3.05, 3.63) is 83.0 Å². The Kier molecular flexibility index (Phi) is 24.2. The second-order valence-corrected chi connectivity index (χ2v) is 17.8. The van der Waals surface area contributed by atoms with Crippen molar-refractivity contribution in [2.45, 2.75) is 127 Å². The van der Waals surface area contributed by atoms with E-state index in [0.29, 0.717) is 35.5 Å².